The first kappa shape index (κ1) is 13.1. The molecule has 0 saturated carbocycles. The molecule has 0 aliphatic carbocycles. The average molecular weight is 259 g/mol. The Labute approximate surface area is 111 Å². The molecule has 0 bridgehead atoms. The number of amides is 1. The van der Waals surface area contributed by atoms with Gasteiger partial charge in [-0.2, -0.15) is 5.10 Å². The Kier molecular flexibility index (Phi) is 3.55. The highest BCUT2D eigenvalue weighted by Crippen LogP contribution is 2.22. The number of hydrogen-bond acceptors (Lipinski definition) is 2. The van der Waals surface area contributed by atoms with Crippen molar-refractivity contribution in [1.29, 1.82) is 0 Å². The molecule has 2 rings (SSSR count). The van der Waals surface area contributed by atoms with E-state index in [0.29, 0.717) is 5.82 Å². The molecular weight excluding hydrogens is 242 g/mol. The Morgan fingerprint density at radius 1 is 1.32 bits per heavy atom. The zero-order valence-corrected chi connectivity index (χ0v) is 11.2. The van der Waals surface area contributed by atoms with Gasteiger partial charge in [0.25, 0.3) is 0 Å². The van der Waals surface area contributed by atoms with Crippen LogP contribution in [0.3, 0.4) is 0 Å². The number of hydrogen-bond donors (Lipinski definition) is 2. The molecule has 2 aromatic rings. The zero-order chi connectivity index (χ0) is 14.0. The molecule has 1 aromatic carbocycles. The van der Waals surface area contributed by atoms with E-state index in [1.807, 2.05) is 45.0 Å². The van der Waals surface area contributed by atoms with Crippen LogP contribution >= 0.6 is 0 Å². The largest absolute Gasteiger partial charge is 0.465 e. The monoisotopic (exact) mass is 259 g/mol. The summed E-state index contributed by atoms with van der Waals surface area (Å²) >= 11 is 0. The smallest absolute Gasteiger partial charge is 0.410 e. The summed E-state index contributed by atoms with van der Waals surface area (Å²) in [5.41, 5.74) is 2.83. The SMILES string of the molecule is Cc1ccc(-n2nc(C(C)C)cc2NC(=O)O)cc1. The Hall–Kier alpha value is -2.30. The van der Waals surface area contributed by atoms with Crippen molar-refractivity contribution >= 4 is 11.9 Å². The van der Waals surface area contributed by atoms with Gasteiger partial charge in [0.2, 0.25) is 0 Å². The molecule has 0 atom stereocenters. The molecule has 5 heteroatoms. The summed E-state index contributed by atoms with van der Waals surface area (Å²) in [6, 6.07) is 9.53. The van der Waals surface area contributed by atoms with E-state index >= 15 is 0 Å². The maximum Gasteiger partial charge on any atom is 0.410 e. The summed E-state index contributed by atoms with van der Waals surface area (Å²) in [7, 11) is 0. The van der Waals surface area contributed by atoms with Gasteiger partial charge in [-0.15, -0.1) is 0 Å². The van der Waals surface area contributed by atoms with Crippen molar-refractivity contribution in [3.63, 3.8) is 0 Å². The molecule has 0 fully saturated rings. The first-order valence-electron chi connectivity index (χ1n) is 6.14. The number of benzene rings is 1. The molecule has 0 aliphatic rings. The van der Waals surface area contributed by atoms with Gasteiger partial charge in [-0.1, -0.05) is 31.5 Å². The fourth-order valence-corrected chi connectivity index (χ4v) is 1.76. The van der Waals surface area contributed by atoms with Gasteiger partial charge >= 0.3 is 6.09 Å². The topological polar surface area (TPSA) is 67.2 Å². The minimum absolute atomic E-state index is 0.237. The minimum atomic E-state index is -1.09. The van der Waals surface area contributed by atoms with E-state index in [4.69, 9.17) is 5.11 Å². The predicted octanol–water partition coefficient (Wildman–Crippen LogP) is 3.39. The average Bonchev–Trinajstić information content (AvgIpc) is 2.73. The molecule has 1 aromatic heterocycles. The minimum Gasteiger partial charge on any atom is -0.465 e. The quantitative estimate of drug-likeness (QED) is 0.887. The second kappa shape index (κ2) is 5.14. The van der Waals surface area contributed by atoms with E-state index in [9.17, 15) is 4.79 Å². The predicted molar refractivity (Wildman–Crippen MR) is 74.0 cm³/mol. The van der Waals surface area contributed by atoms with E-state index in [2.05, 4.69) is 10.4 Å². The molecule has 1 heterocycles. The van der Waals surface area contributed by atoms with Crippen molar-refractivity contribution in [2.24, 2.45) is 0 Å². The lowest BCUT2D eigenvalue weighted by Crippen LogP contribution is -2.11. The maximum atomic E-state index is 10.8. The summed E-state index contributed by atoms with van der Waals surface area (Å²) in [5.74, 6) is 0.695. The van der Waals surface area contributed by atoms with Crippen molar-refractivity contribution in [1.82, 2.24) is 9.78 Å². The number of aromatic nitrogens is 2. The van der Waals surface area contributed by atoms with E-state index in [-0.39, 0.29) is 5.92 Å². The molecule has 5 nitrogen and oxygen atoms in total. The summed E-state index contributed by atoms with van der Waals surface area (Å²) in [6.45, 7) is 6.04. The number of aryl methyl sites for hydroxylation is 1. The summed E-state index contributed by atoms with van der Waals surface area (Å²) < 4.78 is 1.61. The van der Waals surface area contributed by atoms with Crippen LogP contribution in [0.2, 0.25) is 0 Å². The van der Waals surface area contributed by atoms with Gasteiger partial charge < -0.3 is 5.11 Å². The lowest BCUT2D eigenvalue weighted by molar-refractivity contribution is 0.209. The van der Waals surface area contributed by atoms with Crippen molar-refractivity contribution in [3.05, 3.63) is 41.6 Å². The fraction of sp³-hybridized carbons (Fsp3) is 0.286. The fourth-order valence-electron chi connectivity index (χ4n) is 1.76. The molecule has 0 unspecified atom stereocenters. The van der Waals surface area contributed by atoms with Crippen LogP contribution < -0.4 is 5.32 Å². The highest BCUT2D eigenvalue weighted by Gasteiger charge is 2.13. The standard InChI is InChI=1S/C14H17N3O2/c1-9(2)12-8-13(15-14(18)19)17(16-12)11-6-4-10(3)5-7-11/h4-9,15H,1-3H3,(H,18,19). The summed E-state index contributed by atoms with van der Waals surface area (Å²) in [4.78, 5) is 10.8. The molecule has 19 heavy (non-hydrogen) atoms. The number of rotatable bonds is 3. The van der Waals surface area contributed by atoms with E-state index < -0.39 is 6.09 Å². The first-order valence-corrected chi connectivity index (χ1v) is 6.14. The second-order valence-corrected chi connectivity index (χ2v) is 4.79. The van der Waals surface area contributed by atoms with Crippen LogP contribution in [0.1, 0.15) is 31.0 Å². The van der Waals surface area contributed by atoms with E-state index in [0.717, 1.165) is 16.9 Å². The molecule has 0 radical (unpaired) electrons. The van der Waals surface area contributed by atoms with Crippen LogP contribution in [0, 0.1) is 6.92 Å². The number of carbonyl (C=O) groups is 1. The Bertz CT molecular complexity index is 585. The van der Waals surface area contributed by atoms with Crippen molar-refractivity contribution in [2.45, 2.75) is 26.7 Å². The van der Waals surface area contributed by atoms with Crippen LogP contribution in [0.25, 0.3) is 5.69 Å². The highest BCUT2D eigenvalue weighted by atomic mass is 16.4. The third kappa shape index (κ3) is 2.93. The molecule has 0 saturated heterocycles. The Morgan fingerprint density at radius 2 is 1.95 bits per heavy atom. The molecule has 2 N–H and O–H groups in total. The lowest BCUT2D eigenvalue weighted by Gasteiger charge is -2.07. The normalized spacial score (nSPS) is 10.7. The van der Waals surface area contributed by atoms with Gasteiger partial charge in [0.1, 0.15) is 5.82 Å². The van der Waals surface area contributed by atoms with Gasteiger partial charge in [0, 0.05) is 6.07 Å². The molecule has 0 aliphatic heterocycles. The number of carboxylic acid groups (broad SMARTS) is 1. The first-order chi connectivity index (χ1) is 8.97. The number of nitrogens with zero attached hydrogens (tertiary/aromatic N) is 2. The third-order valence-corrected chi connectivity index (χ3v) is 2.83. The van der Waals surface area contributed by atoms with Crippen molar-refractivity contribution < 1.29 is 9.90 Å². The molecule has 0 spiro atoms. The van der Waals surface area contributed by atoms with Crippen molar-refractivity contribution in [3.8, 4) is 5.69 Å². The van der Waals surface area contributed by atoms with E-state index in [1.165, 1.54) is 0 Å². The van der Waals surface area contributed by atoms with Gasteiger partial charge in [-0.05, 0) is 25.0 Å². The van der Waals surface area contributed by atoms with Crippen LogP contribution in [-0.2, 0) is 0 Å². The maximum absolute atomic E-state index is 10.8. The number of nitrogens with one attached hydrogen (secondary N) is 1. The van der Waals surface area contributed by atoms with Gasteiger partial charge in [-0.3, -0.25) is 5.32 Å². The van der Waals surface area contributed by atoms with Crippen LogP contribution in [0.4, 0.5) is 10.6 Å². The molecular formula is C14H17N3O2. The Balaban J connectivity index is 2.47. The zero-order valence-electron chi connectivity index (χ0n) is 11.2. The van der Waals surface area contributed by atoms with Gasteiger partial charge in [0.15, 0.2) is 0 Å². The number of anilines is 1. The second-order valence-electron chi connectivity index (χ2n) is 4.79. The van der Waals surface area contributed by atoms with Crippen molar-refractivity contribution in [2.75, 3.05) is 5.32 Å². The molecule has 100 valence electrons. The highest BCUT2D eigenvalue weighted by molar-refractivity contribution is 5.82. The van der Waals surface area contributed by atoms with Crippen LogP contribution in [0.15, 0.2) is 30.3 Å². The summed E-state index contributed by atoms with van der Waals surface area (Å²) in [6.07, 6.45) is -1.09. The van der Waals surface area contributed by atoms with E-state index in [1.54, 1.807) is 10.7 Å². The van der Waals surface area contributed by atoms with Gasteiger partial charge in [0.05, 0.1) is 11.4 Å². The Morgan fingerprint density at radius 3 is 2.47 bits per heavy atom. The van der Waals surface area contributed by atoms with Crippen LogP contribution in [0.5, 0.6) is 0 Å². The third-order valence-electron chi connectivity index (χ3n) is 2.83. The lowest BCUT2D eigenvalue weighted by atomic mass is 10.1. The van der Waals surface area contributed by atoms with Crippen LogP contribution in [-0.4, -0.2) is 21.0 Å². The summed E-state index contributed by atoms with van der Waals surface area (Å²) in [5, 5.41) is 15.7. The van der Waals surface area contributed by atoms with Gasteiger partial charge in [-0.25, -0.2) is 9.48 Å². The molecule has 1 amide bonds.